The zero-order chi connectivity index (χ0) is 21.2. The number of aromatic nitrogens is 4. The van der Waals surface area contributed by atoms with Crippen LogP contribution in [0.2, 0.25) is 0 Å². The van der Waals surface area contributed by atoms with E-state index in [9.17, 15) is 14.7 Å². The van der Waals surface area contributed by atoms with Gasteiger partial charge in [0, 0.05) is 36.1 Å². The molecule has 2 aliphatic rings. The third kappa shape index (κ3) is 2.88. The molecule has 1 aliphatic carbocycles. The van der Waals surface area contributed by atoms with Crippen LogP contribution in [0.3, 0.4) is 0 Å². The van der Waals surface area contributed by atoms with Gasteiger partial charge in [0.15, 0.2) is 5.43 Å². The minimum atomic E-state index is -1.20. The number of carboxylic acids is 1. The molecular formula is C23H24N4O3. The van der Waals surface area contributed by atoms with Crippen molar-refractivity contribution in [3.63, 3.8) is 0 Å². The third-order valence-corrected chi connectivity index (χ3v) is 6.15. The van der Waals surface area contributed by atoms with Crippen molar-refractivity contribution in [2.24, 2.45) is 5.41 Å². The highest BCUT2D eigenvalue weighted by Gasteiger charge is 2.39. The topological polar surface area (TPSA) is 90.0 Å². The molecule has 4 heterocycles. The van der Waals surface area contributed by atoms with E-state index in [1.54, 1.807) is 12.4 Å². The lowest BCUT2D eigenvalue weighted by molar-refractivity contribution is 0.0693. The van der Waals surface area contributed by atoms with Gasteiger partial charge in [-0.1, -0.05) is 20.8 Å². The van der Waals surface area contributed by atoms with Gasteiger partial charge in [0.1, 0.15) is 5.56 Å². The van der Waals surface area contributed by atoms with E-state index >= 15 is 0 Å². The highest BCUT2D eigenvalue weighted by atomic mass is 16.4. The van der Waals surface area contributed by atoms with Gasteiger partial charge in [-0.2, -0.15) is 5.10 Å². The molecule has 1 saturated carbocycles. The first-order valence-electron chi connectivity index (χ1n) is 10.3. The fraction of sp³-hybridized carbons (Fsp3) is 0.391. The van der Waals surface area contributed by atoms with E-state index in [0.29, 0.717) is 12.5 Å². The van der Waals surface area contributed by atoms with Crippen molar-refractivity contribution in [3.8, 4) is 22.5 Å². The maximum atomic E-state index is 12.7. The van der Waals surface area contributed by atoms with Crippen molar-refractivity contribution in [1.29, 1.82) is 0 Å². The first kappa shape index (κ1) is 18.8. The normalized spacial score (nSPS) is 18.0. The zero-order valence-corrected chi connectivity index (χ0v) is 17.3. The Labute approximate surface area is 174 Å². The fourth-order valence-corrected chi connectivity index (χ4v) is 4.42. The quantitative estimate of drug-likeness (QED) is 0.714. The second-order valence-electron chi connectivity index (χ2n) is 9.33. The molecular weight excluding hydrogens is 380 g/mol. The number of rotatable bonds is 3. The minimum Gasteiger partial charge on any atom is -0.477 e. The van der Waals surface area contributed by atoms with Gasteiger partial charge in [-0.3, -0.25) is 14.5 Å². The lowest BCUT2D eigenvalue weighted by atomic mass is 9.84. The number of pyridine rings is 2. The zero-order valence-electron chi connectivity index (χ0n) is 17.3. The average molecular weight is 404 g/mol. The summed E-state index contributed by atoms with van der Waals surface area (Å²) in [4.78, 5) is 28.5. The third-order valence-electron chi connectivity index (χ3n) is 6.15. The summed E-state index contributed by atoms with van der Waals surface area (Å²) in [6.07, 6.45) is 7.26. The molecule has 7 heteroatoms. The molecule has 0 radical (unpaired) electrons. The van der Waals surface area contributed by atoms with Crippen LogP contribution in [0.5, 0.6) is 0 Å². The van der Waals surface area contributed by atoms with E-state index in [0.717, 1.165) is 41.1 Å². The van der Waals surface area contributed by atoms with Crippen LogP contribution >= 0.6 is 0 Å². The van der Waals surface area contributed by atoms with Crippen molar-refractivity contribution in [3.05, 3.63) is 58.3 Å². The summed E-state index contributed by atoms with van der Waals surface area (Å²) >= 11 is 0. The van der Waals surface area contributed by atoms with Crippen LogP contribution < -0.4 is 5.43 Å². The number of carbonyl (C=O) groups is 1. The molecule has 0 amide bonds. The van der Waals surface area contributed by atoms with Gasteiger partial charge in [0.2, 0.25) is 0 Å². The summed E-state index contributed by atoms with van der Waals surface area (Å²) in [7, 11) is 0. The van der Waals surface area contributed by atoms with Gasteiger partial charge in [0.25, 0.3) is 0 Å². The Morgan fingerprint density at radius 3 is 2.50 bits per heavy atom. The largest absolute Gasteiger partial charge is 0.477 e. The van der Waals surface area contributed by atoms with E-state index in [4.69, 9.17) is 5.10 Å². The first-order chi connectivity index (χ1) is 14.3. The minimum absolute atomic E-state index is 0.0315. The van der Waals surface area contributed by atoms with Crippen LogP contribution in [0.25, 0.3) is 22.5 Å². The van der Waals surface area contributed by atoms with Crippen LogP contribution in [-0.2, 0) is 6.54 Å². The van der Waals surface area contributed by atoms with Crippen molar-refractivity contribution in [1.82, 2.24) is 19.3 Å². The molecule has 1 fully saturated rings. The van der Waals surface area contributed by atoms with E-state index in [-0.39, 0.29) is 17.0 Å². The molecule has 0 saturated heterocycles. The monoisotopic (exact) mass is 404 g/mol. The van der Waals surface area contributed by atoms with E-state index in [2.05, 4.69) is 25.8 Å². The molecule has 7 nitrogen and oxygen atoms in total. The summed E-state index contributed by atoms with van der Waals surface area (Å²) in [6, 6.07) is 5.37. The maximum absolute atomic E-state index is 12.7. The number of carboxylic acid groups (broad SMARTS) is 1. The number of hydrogen-bond donors (Lipinski definition) is 1. The van der Waals surface area contributed by atoms with Crippen LogP contribution in [0.1, 0.15) is 61.6 Å². The predicted octanol–water partition coefficient (Wildman–Crippen LogP) is 3.95. The summed E-state index contributed by atoms with van der Waals surface area (Å²) < 4.78 is 4.00. The van der Waals surface area contributed by atoms with Crippen molar-refractivity contribution in [2.75, 3.05) is 0 Å². The summed E-state index contributed by atoms with van der Waals surface area (Å²) in [5, 5.41) is 14.5. The van der Waals surface area contributed by atoms with Gasteiger partial charge in [0.05, 0.1) is 29.7 Å². The summed E-state index contributed by atoms with van der Waals surface area (Å²) in [5.74, 6) is -0.770. The number of nitrogens with zero attached hydrogens (tertiary/aromatic N) is 4. The van der Waals surface area contributed by atoms with Gasteiger partial charge in [-0.05, 0) is 36.0 Å². The highest BCUT2D eigenvalue weighted by molar-refractivity contribution is 5.88. The fourth-order valence-electron chi connectivity index (χ4n) is 4.42. The number of aromatic carboxylic acids is 1. The Hall–Kier alpha value is -3.22. The molecule has 0 aromatic carbocycles. The van der Waals surface area contributed by atoms with Gasteiger partial charge >= 0.3 is 5.97 Å². The summed E-state index contributed by atoms with van der Waals surface area (Å²) in [5.41, 5.74) is 3.89. The first-order valence-corrected chi connectivity index (χ1v) is 10.3. The lowest BCUT2D eigenvalue weighted by Gasteiger charge is -2.38. The highest BCUT2D eigenvalue weighted by Crippen LogP contribution is 2.49. The van der Waals surface area contributed by atoms with Gasteiger partial charge < -0.3 is 9.67 Å². The second-order valence-corrected chi connectivity index (χ2v) is 9.33. The van der Waals surface area contributed by atoms with Crippen molar-refractivity contribution >= 4 is 5.97 Å². The summed E-state index contributed by atoms with van der Waals surface area (Å²) in [6.45, 7) is 7.00. The molecule has 1 aliphatic heterocycles. The molecule has 154 valence electrons. The molecule has 3 aromatic heterocycles. The predicted molar refractivity (Wildman–Crippen MR) is 113 cm³/mol. The lowest BCUT2D eigenvalue weighted by Crippen LogP contribution is -2.35. The van der Waals surface area contributed by atoms with Gasteiger partial charge in [-0.25, -0.2) is 4.79 Å². The van der Waals surface area contributed by atoms with Crippen molar-refractivity contribution < 1.29 is 9.90 Å². The number of hydrogen-bond acceptors (Lipinski definition) is 4. The maximum Gasteiger partial charge on any atom is 0.341 e. The van der Waals surface area contributed by atoms with Crippen LogP contribution in [0, 0.1) is 5.41 Å². The smallest absolute Gasteiger partial charge is 0.341 e. The molecule has 1 N–H and O–H groups in total. The molecule has 5 rings (SSSR count). The molecule has 0 spiro atoms. The molecule has 30 heavy (non-hydrogen) atoms. The second kappa shape index (κ2) is 6.39. The Bertz CT molecular complexity index is 1210. The van der Waals surface area contributed by atoms with E-state index in [1.165, 1.54) is 12.3 Å². The Balaban J connectivity index is 1.84. The number of fused-ring (bicyclic) bond motifs is 3. The Kier molecular flexibility index (Phi) is 4.00. The van der Waals surface area contributed by atoms with Crippen LogP contribution in [0.4, 0.5) is 0 Å². The molecule has 0 bridgehead atoms. The van der Waals surface area contributed by atoms with E-state index in [1.807, 2.05) is 21.4 Å². The molecule has 1 atom stereocenters. The van der Waals surface area contributed by atoms with E-state index < -0.39 is 11.4 Å². The van der Waals surface area contributed by atoms with Gasteiger partial charge in [-0.15, -0.1) is 0 Å². The molecule has 3 aromatic rings. The Morgan fingerprint density at radius 1 is 1.20 bits per heavy atom. The van der Waals surface area contributed by atoms with Crippen molar-refractivity contribution in [2.45, 2.75) is 52.1 Å². The Morgan fingerprint density at radius 2 is 1.90 bits per heavy atom. The van der Waals surface area contributed by atoms with Crippen LogP contribution in [-0.4, -0.2) is 30.4 Å². The average Bonchev–Trinajstić information content (AvgIpc) is 3.46. The molecule has 0 unspecified atom stereocenters. The SMILES string of the molecule is CC(C)(C)[C@@H]1Cn2nc(C3CC3)c(-c3ccncc3)c2-c2cc(=O)c(C(=O)O)cn21. The van der Waals surface area contributed by atoms with Crippen LogP contribution in [0.15, 0.2) is 41.6 Å². The standard InChI is InChI=1S/C23H24N4O3/c1-23(2,3)18-12-27-21(16-10-17(28)15(22(29)30)11-26(16)18)19(13-6-8-24-9-7-13)20(25-27)14-4-5-14/h6-11,14,18H,4-5,12H2,1-3H3,(H,29,30)/t18-/m0/s1.